The molecule has 0 aromatic heterocycles. The molecular weight excluding hydrogens is 336 g/mol. The molecule has 0 saturated heterocycles. The maximum atomic E-state index is 12.1. The van der Waals surface area contributed by atoms with E-state index in [0.717, 1.165) is 19.3 Å². The van der Waals surface area contributed by atoms with Gasteiger partial charge < -0.3 is 10.2 Å². The van der Waals surface area contributed by atoms with Crippen LogP contribution in [0.3, 0.4) is 0 Å². The van der Waals surface area contributed by atoms with Crippen molar-refractivity contribution in [3.05, 3.63) is 35.4 Å². The van der Waals surface area contributed by atoms with Crippen molar-refractivity contribution >= 4 is 23.7 Å². The Balaban J connectivity index is 1.70. The Morgan fingerprint density at radius 3 is 2.15 bits per heavy atom. The van der Waals surface area contributed by atoms with Crippen LogP contribution >= 0.6 is 0 Å². The van der Waals surface area contributed by atoms with Gasteiger partial charge in [0.1, 0.15) is 6.42 Å². The molecular formula is C19H24N2O5. The molecule has 7 nitrogen and oxygen atoms in total. The van der Waals surface area contributed by atoms with Crippen molar-refractivity contribution in [1.29, 1.82) is 0 Å². The fourth-order valence-corrected chi connectivity index (χ4v) is 2.71. The van der Waals surface area contributed by atoms with Gasteiger partial charge in [-0.3, -0.25) is 14.4 Å². The number of hydrogen-bond acceptors (Lipinski definition) is 5. The lowest BCUT2D eigenvalue weighted by atomic mass is 10.1. The van der Waals surface area contributed by atoms with E-state index in [0.29, 0.717) is 11.6 Å². The van der Waals surface area contributed by atoms with E-state index >= 15 is 0 Å². The minimum Gasteiger partial charge on any atom is -0.356 e. The summed E-state index contributed by atoms with van der Waals surface area (Å²) in [7, 11) is 0. The van der Waals surface area contributed by atoms with Gasteiger partial charge in [0.25, 0.3) is 11.8 Å². The maximum absolute atomic E-state index is 12.1. The van der Waals surface area contributed by atoms with Gasteiger partial charge in [0.05, 0.1) is 11.1 Å². The third-order valence-corrected chi connectivity index (χ3v) is 4.11. The first-order valence-electron chi connectivity index (χ1n) is 9.00. The molecule has 0 radical (unpaired) electrons. The van der Waals surface area contributed by atoms with Gasteiger partial charge in [-0.2, -0.15) is 0 Å². The van der Waals surface area contributed by atoms with Gasteiger partial charge in [0.2, 0.25) is 5.91 Å². The second-order valence-corrected chi connectivity index (χ2v) is 6.21. The summed E-state index contributed by atoms with van der Waals surface area (Å²) in [4.78, 5) is 52.5. The van der Waals surface area contributed by atoms with Crippen LogP contribution in [-0.2, 0) is 14.4 Å². The van der Waals surface area contributed by atoms with Crippen molar-refractivity contribution in [2.75, 3.05) is 6.54 Å². The third kappa shape index (κ3) is 5.15. The summed E-state index contributed by atoms with van der Waals surface area (Å²) in [5, 5.41) is 3.05. The lowest BCUT2D eigenvalue weighted by Crippen LogP contribution is -2.35. The third-order valence-electron chi connectivity index (χ3n) is 4.11. The Labute approximate surface area is 152 Å². The quantitative estimate of drug-likeness (QED) is 0.393. The van der Waals surface area contributed by atoms with E-state index in [-0.39, 0.29) is 11.1 Å². The van der Waals surface area contributed by atoms with Crippen LogP contribution in [0.25, 0.3) is 0 Å². The van der Waals surface area contributed by atoms with Crippen LogP contribution in [0, 0.1) is 0 Å². The number of nitrogens with one attached hydrogen (secondary N) is 1. The van der Waals surface area contributed by atoms with Gasteiger partial charge in [-0.25, -0.2) is 4.79 Å². The van der Waals surface area contributed by atoms with Crippen molar-refractivity contribution in [2.24, 2.45) is 0 Å². The normalized spacial score (nSPS) is 12.9. The molecule has 0 fully saturated rings. The monoisotopic (exact) mass is 360 g/mol. The number of hydrogen-bond donors (Lipinski definition) is 1. The minimum absolute atomic E-state index is 0.179. The highest BCUT2D eigenvalue weighted by molar-refractivity contribution is 6.21. The fraction of sp³-hybridized carbons (Fsp3) is 0.474. The average molecular weight is 360 g/mol. The molecule has 140 valence electrons. The number of carbonyl (C=O) groups is 4. The van der Waals surface area contributed by atoms with Gasteiger partial charge in [-0.1, -0.05) is 56.2 Å². The zero-order chi connectivity index (χ0) is 18.9. The molecule has 1 aromatic carbocycles. The number of carbonyl (C=O) groups excluding carboxylic acids is 4. The lowest BCUT2D eigenvalue weighted by Gasteiger charge is -2.12. The summed E-state index contributed by atoms with van der Waals surface area (Å²) in [5.74, 6) is -2.84. The van der Waals surface area contributed by atoms with Gasteiger partial charge in [0.15, 0.2) is 0 Å². The predicted octanol–water partition coefficient (Wildman–Crippen LogP) is 2.61. The van der Waals surface area contributed by atoms with E-state index in [1.54, 1.807) is 12.1 Å². The number of hydroxylamine groups is 2. The number of amides is 3. The van der Waals surface area contributed by atoms with Crippen molar-refractivity contribution in [2.45, 2.75) is 51.9 Å². The van der Waals surface area contributed by atoms with E-state index in [1.807, 2.05) is 0 Å². The first-order chi connectivity index (χ1) is 12.5. The molecule has 0 atom stereocenters. The topological polar surface area (TPSA) is 92.8 Å². The molecule has 1 aromatic rings. The summed E-state index contributed by atoms with van der Waals surface area (Å²) in [6.45, 7) is 2.65. The molecule has 0 bridgehead atoms. The zero-order valence-electron chi connectivity index (χ0n) is 15.0. The fourth-order valence-electron chi connectivity index (χ4n) is 2.71. The maximum Gasteiger partial charge on any atom is 0.342 e. The zero-order valence-corrected chi connectivity index (χ0v) is 15.0. The molecule has 3 amide bonds. The van der Waals surface area contributed by atoms with Crippen molar-refractivity contribution < 1.29 is 24.0 Å². The van der Waals surface area contributed by atoms with Crippen molar-refractivity contribution in [3.8, 4) is 0 Å². The van der Waals surface area contributed by atoms with E-state index in [1.165, 1.54) is 31.4 Å². The summed E-state index contributed by atoms with van der Waals surface area (Å²) >= 11 is 0. The van der Waals surface area contributed by atoms with Crippen LogP contribution in [0.1, 0.15) is 72.6 Å². The summed E-state index contributed by atoms with van der Waals surface area (Å²) in [6, 6.07) is 6.20. The van der Waals surface area contributed by atoms with Crippen LogP contribution in [0.4, 0.5) is 0 Å². The van der Waals surface area contributed by atoms with Crippen LogP contribution in [0.2, 0.25) is 0 Å². The Kier molecular flexibility index (Phi) is 7.32. The van der Waals surface area contributed by atoms with Crippen LogP contribution in [0.15, 0.2) is 24.3 Å². The van der Waals surface area contributed by atoms with Gasteiger partial charge in [-0.05, 0) is 18.6 Å². The molecule has 0 unspecified atom stereocenters. The Morgan fingerprint density at radius 1 is 0.962 bits per heavy atom. The SMILES string of the molecule is CCCCCCCCNC(=O)CC(=O)ON1C(=O)c2ccccc2C1=O. The van der Waals surface area contributed by atoms with Crippen LogP contribution in [-0.4, -0.2) is 35.3 Å². The predicted molar refractivity (Wildman–Crippen MR) is 94.0 cm³/mol. The highest BCUT2D eigenvalue weighted by Gasteiger charge is 2.38. The summed E-state index contributed by atoms with van der Waals surface area (Å²) in [5.41, 5.74) is 0.357. The first kappa shape index (κ1) is 19.6. The molecule has 1 heterocycles. The Bertz CT molecular complexity index is 651. The van der Waals surface area contributed by atoms with Crippen molar-refractivity contribution in [1.82, 2.24) is 10.4 Å². The largest absolute Gasteiger partial charge is 0.356 e. The Hall–Kier alpha value is -2.70. The van der Waals surface area contributed by atoms with Gasteiger partial charge in [-0.15, -0.1) is 0 Å². The van der Waals surface area contributed by atoms with Gasteiger partial charge >= 0.3 is 5.97 Å². The number of nitrogens with zero attached hydrogens (tertiary/aromatic N) is 1. The molecule has 26 heavy (non-hydrogen) atoms. The van der Waals surface area contributed by atoms with E-state index in [4.69, 9.17) is 4.84 Å². The van der Waals surface area contributed by atoms with Crippen LogP contribution in [0.5, 0.6) is 0 Å². The summed E-state index contributed by atoms with van der Waals surface area (Å²) < 4.78 is 0. The molecule has 1 aliphatic heterocycles. The van der Waals surface area contributed by atoms with E-state index in [9.17, 15) is 19.2 Å². The highest BCUT2D eigenvalue weighted by atomic mass is 16.7. The average Bonchev–Trinajstić information content (AvgIpc) is 2.86. The standard InChI is InChI=1S/C19H24N2O5/c1-2-3-4-5-6-9-12-20-16(22)13-17(23)26-21-18(24)14-10-7-8-11-15(14)19(21)25/h7-8,10-11H,2-6,9,12-13H2,1H3,(H,20,22). The molecule has 0 aliphatic carbocycles. The highest BCUT2D eigenvalue weighted by Crippen LogP contribution is 2.22. The smallest absolute Gasteiger partial charge is 0.342 e. The number of benzene rings is 1. The Morgan fingerprint density at radius 2 is 1.54 bits per heavy atom. The second kappa shape index (κ2) is 9.70. The number of imide groups is 1. The first-order valence-corrected chi connectivity index (χ1v) is 9.00. The second-order valence-electron chi connectivity index (χ2n) is 6.21. The van der Waals surface area contributed by atoms with Crippen molar-refractivity contribution in [3.63, 3.8) is 0 Å². The van der Waals surface area contributed by atoms with Crippen LogP contribution < -0.4 is 5.32 Å². The molecule has 0 spiro atoms. The number of rotatable bonds is 10. The number of unbranched alkanes of at least 4 members (excludes halogenated alkanes) is 5. The molecule has 1 N–H and O–H groups in total. The number of fused-ring (bicyclic) bond motifs is 1. The molecule has 2 rings (SSSR count). The minimum atomic E-state index is -0.944. The van der Waals surface area contributed by atoms with E-state index in [2.05, 4.69) is 12.2 Å². The summed E-state index contributed by atoms with van der Waals surface area (Å²) in [6.07, 6.45) is 6.07. The molecule has 7 heteroatoms. The molecule has 0 saturated carbocycles. The molecule has 1 aliphatic rings. The van der Waals surface area contributed by atoms with E-state index < -0.39 is 30.1 Å². The lowest BCUT2D eigenvalue weighted by molar-refractivity contribution is -0.169. The van der Waals surface area contributed by atoms with Gasteiger partial charge in [0, 0.05) is 6.54 Å².